The predicted octanol–water partition coefficient (Wildman–Crippen LogP) is 1.64. The Bertz CT molecular complexity index is 578. The summed E-state index contributed by atoms with van der Waals surface area (Å²) in [6, 6.07) is 0. The molecule has 0 unspecified atom stereocenters. The van der Waals surface area contributed by atoms with Crippen LogP contribution in [0.5, 0.6) is 0 Å². The molecule has 0 atom stereocenters. The molecule has 1 aromatic rings. The summed E-state index contributed by atoms with van der Waals surface area (Å²) >= 11 is 4.74. The average Bonchev–Trinajstić information content (AvgIpc) is 2.75. The highest BCUT2D eigenvalue weighted by molar-refractivity contribution is 7.80. The summed E-state index contributed by atoms with van der Waals surface area (Å²) in [6.07, 6.45) is 2.47. The number of hydrazone groups is 1. The van der Waals surface area contributed by atoms with E-state index >= 15 is 0 Å². The van der Waals surface area contributed by atoms with Gasteiger partial charge in [-0.1, -0.05) is 0 Å². The van der Waals surface area contributed by atoms with Gasteiger partial charge >= 0.3 is 5.97 Å². The van der Waals surface area contributed by atoms with Crippen LogP contribution in [0.25, 0.3) is 0 Å². The molecule has 1 aliphatic rings. The molecule has 0 bridgehead atoms. The number of thiocarbonyl (C=S) groups is 1. The van der Waals surface area contributed by atoms with Gasteiger partial charge in [-0.05, 0) is 38.9 Å². The van der Waals surface area contributed by atoms with Crippen molar-refractivity contribution in [3.63, 3.8) is 0 Å². The molecule has 0 aromatic carbocycles. The van der Waals surface area contributed by atoms with Crippen molar-refractivity contribution in [2.24, 2.45) is 10.8 Å². The zero-order valence-electron chi connectivity index (χ0n) is 11.5. The molecule has 3 N–H and O–H groups in total. The third-order valence-electron chi connectivity index (χ3n) is 3.09. The van der Waals surface area contributed by atoms with Crippen molar-refractivity contribution in [1.82, 2.24) is 5.43 Å². The van der Waals surface area contributed by atoms with Crippen LogP contribution in [0, 0.1) is 6.92 Å². The standard InChI is InChI=1S/C13H17N3O3S/c1-3-18-12(17)11-7(2)10-8(15-16-13(14)20)5-4-6-9(10)19-11/h3-6H2,1-2H3,(H3,14,16,20)/b15-8+. The smallest absolute Gasteiger partial charge is 0.374 e. The van der Waals surface area contributed by atoms with Crippen LogP contribution < -0.4 is 11.2 Å². The quantitative estimate of drug-likeness (QED) is 0.500. The number of hydrogen-bond acceptors (Lipinski definition) is 5. The summed E-state index contributed by atoms with van der Waals surface area (Å²) in [4.78, 5) is 11.8. The van der Waals surface area contributed by atoms with Gasteiger partial charge in [0.15, 0.2) is 5.11 Å². The molecule has 2 rings (SSSR count). The number of furan rings is 1. The van der Waals surface area contributed by atoms with E-state index < -0.39 is 5.97 Å². The largest absolute Gasteiger partial charge is 0.460 e. The number of nitrogens with one attached hydrogen (secondary N) is 1. The monoisotopic (exact) mass is 295 g/mol. The van der Waals surface area contributed by atoms with Crippen molar-refractivity contribution >= 4 is 29.0 Å². The number of aryl methyl sites for hydroxylation is 1. The van der Waals surface area contributed by atoms with E-state index in [4.69, 9.17) is 27.1 Å². The highest BCUT2D eigenvalue weighted by Crippen LogP contribution is 2.30. The second-order valence-corrected chi connectivity index (χ2v) is 4.90. The summed E-state index contributed by atoms with van der Waals surface area (Å²) in [5.74, 6) is 0.572. The Hall–Kier alpha value is -1.89. The molecular formula is C13H17N3O3S. The van der Waals surface area contributed by atoms with Crippen LogP contribution in [0.15, 0.2) is 9.52 Å². The van der Waals surface area contributed by atoms with Crippen LogP contribution in [0.1, 0.15) is 47.2 Å². The minimum Gasteiger partial charge on any atom is -0.460 e. The summed E-state index contributed by atoms with van der Waals surface area (Å²) < 4.78 is 10.6. The van der Waals surface area contributed by atoms with Crippen molar-refractivity contribution in [2.45, 2.75) is 33.1 Å². The van der Waals surface area contributed by atoms with Gasteiger partial charge in [-0.3, -0.25) is 5.43 Å². The molecule has 1 heterocycles. The van der Waals surface area contributed by atoms with E-state index in [1.807, 2.05) is 6.92 Å². The first kappa shape index (κ1) is 14.5. The molecule has 0 amide bonds. The van der Waals surface area contributed by atoms with Gasteiger partial charge in [0.2, 0.25) is 5.76 Å². The van der Waals surface area contributed by atoms with Gasteiger partial charge in [-0.15, -0.1) is 0 Å². The first-order valence-corrected chi connectivity index (χ1v) is 6.87. The van der Waals surface area contributed by atoms with Gasteiger partial charge in [0.25, 0.3) is 0 Å². The molecule has 0 saturated carbocycles. The van der Waals surface area contributed by atoms with Crippen LogP contribution in [-0.4, -0.2) is 23.4 Å². The Labute approximate surface area is 122 Å². The SMILES string of the molecule is CCOC(=O)c1oc2c(c1C)/C(=N/NC(N)=S)CCC2. The maximum atomic E-state index is 11.8. The maximum absolute atomic E-state index is 11.8. The van der Waals surface area contributed by atoms with Crippen molar-refractivity contribution < 1.29 is 13.9 Å². The highest BCUT2D eigenvalue weighted by Gasteiger charge is 2.28. The van der Waals surface area contributed by atoms with Crippen LogP contribution in [0.3, 0.4) is 0 Å². The van der Waals surface area contributed by atoms with Gasteiger partial charge in [0, 0.05) is 17.5 Å². The minimum absolute atomic E-state index is 0.108. The van der Waals surface area contributed by atoms with Gasteiger partial charge in [-0.25, -0.2) is 4.79 Å². The van der Waals surface area contributed by atoms with Crippen LogP contribution in [-0.2, 0) is 11.2 Å². The van der Waals surface area contributed by atoms with Crippen LogP contribution >= 0.6 is 12.2 Å². The number of esters is 1. The van der Waals surface area contributed by atoms with E-state index in [2.05, 4.69) is 10.5 Å². The number of nitrogens with two attached hydrogens (primary N) is 1. The lowest BCUT2D eigenvalue weighted by Gasteiger charge is -2.13. The number of carbonyl (C=O) groups excluding carboxylic acids is 1. The lowest BCUT2D eigenvalue weighted by atomic mass is 9.93. The molecule has 0 radical (unpaired) electrons. The Morgan fingerprint density at radius 1 is 1.55 bits per heavy atom. The molecule has 20 heavy (non-hydrogen) atoms. The third-order valence-corrected chi connectivity index (χ3v) is 3.18. The second-order valence-electron chi connectivity index (χ2n) is 4.46. The van der Waals surface area contributed by atoms with Gasteiger partial charge in [0.1, 0.15) is 5.76 Å². The second kappa shape index (κ2) is 6.04. The molecule has 0 saturated heterocycles. The zero-order valence-corrected chi connectivity index (χ0v) is 12.3. The molecule has 1 aliphatic carbocycles. The predicted molar refractivity (Wildman–Crippen MR) is 78.8 cm³/mol. The normalized spacial score (nSPS) is 15.8. The van der Waals surface area contributed by atoms with Crippen molar-refractivity contribution in [1.29, 1.82) is 0 Å². The van der Waals surface area contributed by atoms with E-state index in [1.165, 1.54) is 0 Å². The van der Waals surface area contributed by atoms with Gasteiger partial charge in [0.05, 0.1) is 12.3 Å². The van der Waals surface area contributed by atoms with Crippen molar-refractivity contribution in [2.75, 3.05) is 6.61 Å². The fraction of sp³-hybridized carbons (Fsp3) is 0.462. The molecule has 0 fully saturated rings. The minimum atomic E-state index is -0.443. The molecule has 7 heteroatoms. The lowest BCUT2D eigenvalue weighted by molar-refractivity contribution is 0.0487. The number of ether oxygens (including phenoxy) is 1. The summed E-state index contributed by atoms with van der Waals surface area (Å²) in [5, 5.41) is 4.30. The number of fused-ring (bicyclic) bond motifs is 1. The van der Waals surface area contributed by atoms with E-state index in [-0.39, 0.29) is 10.9 Å². The summed E-state index contributed by atoms with van der Waals surface area (Å²) in [7, 11) is 0. The Morgan fingerprint density at radius 3 is 2.95 bits per heavy atom. The first-order chi connectivity index (χ1) is 9.54. The maximum Gasteiger partial charge on any atom is 0.374 e. The molecule has 108 valence electrons. The van der Waals surface area contributed by atoms with Gasteiger partial charge in [-0.2, -0.15) is 5.10 Å². The lowest BCUT2D eigenvalue weighted by Crippen LogP contribution is -2.26. The fourth-order valence-corrected chi connectivity index (χ4v) is 2.34. The molecular weight excluding hydrogens is 278 g/mol. The van der Waals surface area contributed by atoms with E-state index in [1.54, 1.807) is 6.92 Å². The molecule has 0 aliphatic heterocycles. The van der Waals surface area contributed by atoms with Gasteiger partial charge < -0.3 is 14.9 Å². The number of hydrogen-bond donors (Lipinski definition) is 2. The van der Waals surface area contributed by atoms with E-state index in [0.29, 0.717) is 6.61 Å². The van der Waals surface area contributed by atoms with Crippen LogP contribution in [0.2, 0.25) is 0 Å². The van der Waals surface area contributed by atoms with Crippen LogP contribution in [0.4, 0.5) is 0 Å². The highest BCUT2D eigenvalue weighted by atomic mass is 32.1. The Kier molecular flexibility index (Phi) is 4.39. The van der Waals surface area contributed by atoms with Crippen molar-refractivity contribution in [3.05, 3.63) is 22.6 Å². The van der Waals surface area contributed by atoms with E-state index in [0.717, 1.165) is 41.9 Å². The topological polar surface area (TPSA) is 89.8 Å². The van der Waals surface area contributed by atoms with Crippen molar-refractivity contribution in [3.8, 4) is 0 Å². The third kappa shape index (κ3) is 2.82. The number of nitrogens with zero attached hydrogens (tertiary/aromatic N) is 1. The summed E-state index contributed by atoms with van der Waals surface area (Å²) in [5.41, 5.74) is 10.4. The average molecular weight is 295 g/mol. The molecule has 6 nitrogen and oxygen atoms in total. The molecule has 0 spiro atoms. The summed E-state index contributed by atoms with van der Waals surface area (Å²) in [6.45, 7) is 3.90. The molecule has 1 aromatic heterocycles. The number of carbonyl (C=O) groups is 1. The number of rotatable bonds is 3. The Morgan fingerprint density at radius 2 is 2.30 bits per heavy atom. The van der Waals surface area contributed by atoms with E-state index in [9.17, 15) is 4.79 Å². The fourth-order valence-electron chi connectivity index (χ4n) is 2.29. The zero-order chi connectivity index (χ0) is 14.7. The first-order valence-electron chi connectivity index (χ1n) is 6.46. The Balaban J connectivity index is 2.39.